The number of benzene rings is 1. The van der Waals surface area contributed by atoms with Gasteiger partial charge in [0.15, 0.2) is 5.16 Å². The molecule has 1 aliphatic carbocycles. The lowest BCUT2D eigenvalue weighted by Gasteiger charge is -2.16. The van der Waals surface area contributed by atoms with E-state index in [2.05, 4.69) is 15.3 Å². The normalized spacial score (nSPS) is 15.3. The highest BCUT2D eigenvalue weighted by molar-refractivity contribution is 7.98. The van der Waals surface area contributed by atoms with Gasteiger partial charge in [0, 0.05) is 22.9 Å². The molecule has 1 aliphatic rings. The van der Waals surface area contributed by atoms with Gasteiger partial charge in [0.1, 0.15) is 0 Å². The van der Waals surface area contributed by atoms with Gasteiger partial charge in [-0.05, 0) is 30.5 Å². The molecule has 1 aromatic carbocycles. The molecule has 1 amide bonds. The number of hydrogen-bond donors (Lipinski definition) is 2. The van der Waals surface area contributed by atoms with Gasteiger partial charge in [-0.1, -0.05) is 61.2 Å². The van der Waals surface area contributed by atoms with E-state index in [4.69, 9.17) is 11.6 Å². The number of carbonyl (C=O) groups is 1. The summed E-state index contributed by atoms with van der Waals surface area (Å²) < 4.78 is 0. The maximum Gasteiger partial charge on any atom is 0.251 e. The first-order valence-electron chi connectivity index (χ1n) is 9.35. The van der Waals surface area contributed by atoms with Gasteiger partial charge >= 0.3 is 0 Å². The Balaban J connectivity index is 1.59. The Kier molecular flexibility index (Phi) is 7.35. The molecule has 0 spiro atoms. The van der Waals surface area contributed by atoms with Crippen LogP contribution in [0.15, 0.2) is 40.3 Å². The Bertz CT molecular complexity index is 832. The predicted octanol–water partition coefficient (Wildman–Crippen LogP) is 4.10. The standard InChI is InChI=1S/C20H24ClN3O2S/c21-15-7-5-6-14(10-15)13-27-20-23-17(12-19(26)24-20)11-18(25)22-16-8-3-1-2-4-9-16/h5-7,10,12,16H,1-4,8-9,11,13H2,(H,22,25)(H,23,24,26). The molecule has 3 rings (SSSR count). The number of amides is 1. The van der Waals surface area contributed by atoms with Gasteiger partial charge in [0.2, 0.25) is 5.91 Å². The Hall–Kier alpha value is -1.79. The van der Waals surface area contributed by atoms with Gasteiger partial charge in [-0.3, -0.25) is 9.59 Å². The number of aromatic amines is 1. The summed E-state index contributed by atoms with van der Waals surface area (Å²) in [7, 11) is 0. The summed E-state index contributed by atoms with van der Waals surface area (Å²) in [5, 5.41) is 4.29. The van der Waals surface area contributed by atoms with Gasteiger partial charge in [-0.25, -0.2) is 4.98 Å². The third-order valence-electron chi connectivity index (χ3n) is 4.60. The molecule has 27 heavy (non-hydrogen) atoms. The molecule has 1 fully saturated rings. The van der Waals surface area contributed by atoms with Crippen LogP contribution in [0.25, 0.3) is 0 Å². The fourth-order valence-electron chi connectivity index (χ4n) is 3.29. The summed E-state index contributed by atoms with van der Waals surface area (Å²) in [6.07, 6.45) is 7.02. The van der Waals surface area contributed by atoms with Gasteiger partial charge in [0.25, 0.3) is 5.56 Å². The maximum absolute atomic E-state index is 12.3. The molecule has 0 atom stereocenters. The molecule has 144 valence electrons. The molecule has 1 heterocycles. The molecule has 0 unspecified atom stereocenters. The minimum Gasteiger partial charge on any atom is -0.353 e. The van der Waals surface area contributed by atoms with E-state index in [1.54, 1.807) is 0 Å². The first kappa shape index (κ1) is 20.0. The minimum atomic E-state index is -0.240. The van der Waals surface area contributed by atoms with Crippen molar-refractivity contribution in [2.24, 2.45) is 0 Å². The van der Waals surface area contributed by atoms with Crippen LogP contribution in [0.4, 0.5) is 0 Å². The fourth-order valence-corrected chi connectivity index (χ4v) is 4.34. The van der Waals surface area contributed by atoms with E-state index in [1.165, 1.54) is 43.5 Å². The Labute approximate surface area is 168 Å². The number of halogens is 1. The number of H-pyrrole nitrogens is 1. The molecule has 0 aliphatic heterocycles. The van der Waals surface area contributed by atoms with E-state index in [9.17, 15) is 9.59 Å². The van der Waals surface area contributed by atoms with Crippen molar-refractivity contribution in [3.8, 4) is 0 Å². The first-order valence-corrected chi connectivity index (χ1v) is 10.7. The molecule has 1 saturated carbocycles. The molecule has 0 saturated heterocycles. The number of hydrogen-bond acceptors (Lipinski definition) is 4. The number of nitrogens with zero attached hydrogens (tertiary/aromatic N) is 1. The summed E-state index contributed by atoms with van der Waals surface area (Å²) in [5.41, 5.74) is 1.31. The monoisotopic (exact) mass is 405 g/mol. The fraction of sp³-hybridized carbons (Fsp3) is 0.450. The summed E-state index contributed by atoms with van der Waals surface area (Å²) in [6, 6.07) is 9.22. The van der Waals surface area contributed by atoms with E-state index in [1.807, 2.05) is 24.3 Å². The van der Waals surface area contributed by atoms with E-state index >= 15 is 0 Å². The van der Waals surface area contributed by atoms with Crippen molar-refractivity contribution in [3.05, 3.63) is 57.0 Å². The number of thioether (sulfide) groups is 1. The van der Waals surface area contributed by atoms with Crippen LogP contribution >= 0.6 is 23.4 Å². The zero-order valence-electron chi connectivity index (χ0n) is 15.2. The highest BCUT2D eigenvalue weighted by Gasteiger charge is 2.15. The molecule has 0 radical (unpaired) electrons. The Morgan fingerprint density at radius 3 is 2.74 bits per heavy atom. The average Bonchev–Trinajstić information content (AvgIpc) is 2.88. The van der Waals surface area contributed by atoms with Crippen LogP contribution in [0.1, 0.15) is 49.8 Å². The zero-order valence-corrected chi connectivity index (χ0v) is 16.7. The van der Waals surface area contributed by atoms with Crippen molar-refractivity contribution < 1.29 is 4.79 Å². The van der Waals surface area contributed by atoms with Crippen molar-refractivity contribution in [2.45, 2.75) is 61.9 Å². The highest BCUT2D eigenvalue weighted by Crippen LogP contribution is 2.21. The molecule has 5 nitrogen and oxygen atoms in total. The highest BCUT2D eigenvalue weighted by atomic mass is 35.5. The average molecular weight is 406 g/mol. The van der Waals surface area contributed by atoms with Crippen molar-refractivity contribution in [1.29, 1.82) is 0 Å². The molecule has 7 heteroatoms. The van der Waals surface area contributed by atoms with E-state index < -0.39 is 0 Å². The molecule has 0 bridgehead atoms. The van der Waals surface area contributed by atoms with Crippen LogP contribution in [0.5, 0.6) is 0 Å². The molecular weight excluding hydrogens is 382 g/mol. The second kappa shape index (κ2) is 9.95. The van der Waals surface area contributed by atoms with Crippen molar-refractivity contribution in [3.63, 3.8) is 0 Å². The van der Waals surface area contributed by atoms with E-state index in [0.29, 0.717) is 21.6 Å². The van der Waals surface area contributed by atoms with Crippen LogP contribution in [0, 0.1) is 0 Å². The second-order valence-electron chi connectivity index (χ2n) is 6.89. The molecule has 1 aromatic heterocycles. The lowest BCUT2D eigenvalue weighted by molar-refractivity contribution is -0.121. The summed E-state index contributed by atoms with van der Waals surface area (Å²) >= 11 is 7.42. The van der Waals surface area contributed by atoms with Crippen LogP contribution in [0.3, 0.4) is 0 Å². The van der Waals surface area contributed by atoms with Gasteiger partial charge in [0.05, 0.1) is 12.1 Å². The largest absolute Gasteiger partial charge is 0.353 e. The molecule has 2 aromatic rings. The van der Waals surface area contributed by atoms with Crippen LogP contribution in [-0.2, 0) is 17.0 Å². The Morgan fingerprint density at radius 1 is 1.22 bits per heavy atom. The number of aromatic nitrogens is 2. The maximum atomic E-state index is 12.3. The number of carbonyl (C=O) groups excluding carboxylic acids is 1. The zero-order chi connectivity index (χ0) is 19.1. The SMILES string of the molecule is O=C(Cc1cc(=O)[nH]c(SCc2cccc(Cl)c2)n1)NC1CCCCCC1. The van der Waals surface area contributed by atoms with Gasteiger partial charge in [-0.2, -0.15) is 0 Å². The number of rotatable bonds is 6. The number of nitrogens with one attached hydrogen (secondary N) is 2. The third-order valence-corrected chi connectivity index (χ3v) is 5.78. The minimum absolute atomic E-state index is 0.0641. The summed E-state index contributed by atoms with van der Waals surface area (Å²) in [5.74, 6) is 0.576. The van der Waals surface area contributed by atoms with Crippen molar-refractivity contribution >= 4 is 29.3 Å². The second-order valence-corrected chi connectivity index (χ2v) is 8.29. The Morgan fingerprint density at radius 2 is 2.00 bits per heavy atom. The topological polar surface area (TPSA) is 74.8 Å². The smallest absolute Gasteiger partial charge is 0.251 e. The molecule has 2 N–H and O–H groups in total. The van der Waals surface area contributed by atoms with Crippen molar-refractivity contribution in [1.82, 2.24) is 15.3 Å². The van der Waals surface area contributed by atoms with Crippen LogP contribution < -0.4 is 10.9 Å². The molecular formula is C20H24ClN3O2S. The van der Waals surface area contributed by atoms with E-state index in [0.717, 1.165) is 18.4 Å². The van der Waals surface area contributed by atoms with Crippen LogP contribution in [0.2, 0.25) is 5.02 Å². The lowest BCUT2D eigenvalue weighted by Crippen LogP contribution is -2.35. The summed E-state index contributed by atoms with van der Waals surface area (Å²) in [6.45, 7) is 0. The van der Waals surface area contributed by atoms with E-state index in [-0.39, 0.29) is 23.9 Å². The third kappa shape index (κ3) is 6.70. The first-order chi connectivity index (χ1) is 13.1. The van der Waals surface area contributed by atoms with Crippen molar-refractivity contribution in [2.75, 3.05) is 0 Å². The lowest BCUT2D eigenvalue weighted by atomic mass is 10.1. The van der Waals surface area contributed by atoms with Gasteiger partial charge in [-0.15, -0.1) is 0 Å². The van der Waals surface area contributed by atoms with Crippen LogP contribution in [-0.4, -0.2) is 21.9 Å². The predicted molar refractivity (Wildman–Crippen MR) is 109 cm³/mol. The van der Waals surface area contributed by atoms with Gasteiger partial charge < -0.3 is 10.3 Å². The summed E-state index contributed by atoms with van der Waals surface area (Å²) in [4.78, 5) is 31.4. The quantitative estimate of drug-likeness (QED) is 0.431.